The molecule has 0 aliphatic rings. The molecule has 1 unspecified atom stereocenters. The highest BCUT2D eigenvalue weighted by Crippen LogP contribution is 2.26. The van der Waals surface area contributed by atoms with Crippen LogP contribution in [0.3, 0.4) is 0 Å². The van der Waals surface area contributed by atoms with Crippen molar-refractivity contribution in [3.05, 3.63) is 30.3 Å². The van der Waals surface area contributed by atoms with Gasteiger partial charge in [-0.25, -0.2) is 0 Å². The van der Waals surface area contributed by atoms with E-state index in [0.717, 1.165) is 25.8 Å². The molecule has 0 saturated heterocycles. The van der Waals surface area contributed by atoms with E-state index in [2.05, 4.69) is 43.0 Å². The molecule has 0 spiro atoms. The van der Waals surface area contributed by atoms with Gasteiger partial charge in [0.1, 0.15) is 0 Å². The fourth-order valence-electron chi connectivity index (χ4n) is 2.73. The van der Waals surface area contributed by atoms with Gasteiger partial charge in [-0.2, -0.15) is 0 Å². The minimum atomic E-state index is -2.72. The van der Waals surface area contributed by atoms with Gasteiger partial charge in [0.15, 0.2) is 0 Å². The largest absolute Gasteiger partial charge is 0.523 e. The van der Waals surface area contributed by atoms with Crippen LogP contribution in [0.4, 0.5) is 5.69 Å². The monoisotopic (exact) mass is 311 g/mol. The van der Waals surface area contributed by atoms with Gasteiger partial charge in [-0.3, -0.25) is 0 Å². The third-order valence-electron chi connectivity index (χ3n) is 3.86. The van der Waals surface area contributed by atoms with Gasteiger partial charge in [0, 0.05) is 33.6 Å². The molecule has 0 saturated carbocycles. The predicted molar refractivity (Wildman–Crippen MR) is 89.6 cm³/mol. The molecule has 120 valence electrons. The number of hydrogen-bond acceptors (Lipinski definition) is 4. The summed E-state index contributed by atoms with van der Waals surface area (Å²) in [5.74, 6) is 0. The molecule has 0 aliphatic heterocycles. The zero-order chi connectivity index (χ0) is 15.7. The third-order valence-corrected chi connectivity index (χ3v) is 7.11. The summed E-state index contributed by atoms with van der Waals surface area (Å²) in [6.07, 6.45) is 3.20. The normalized spacial score (nSPS) is 13.2. The van der Waals surface area contributed by atoms with Crippen molar-refractivity contribution >= 4 is 14.5 Å². The van der Waals surface area contributed by atoms with Crippen LogP contribution in [0.25, 0.3) is 0 Å². The minimum absolute atomic E-state index is 0.117. The second-order valence-electron chi connectivity index (χ2n) is 5.02. The summed E-state index contributed by atoms with van der Waals surface area (Å²) in [4.78, 5) is 2.38. The van der Waals surface area contributed by atoms with Gasteiger partial charge in [0.2, 0.25) is 0 Å². The quantitative estimate of drug-likeness (QED) is 0.619. The summed E-state index contributed by atoms with van der Waals surface area (Å²) < 4.78 is 17.2. The first-order chi connectivity index (χ1) is 10.2. The highest BCUT2D eigenvalue weighted by Gasteiger charge is 2.49. The second-order valence-corrected chi connectivity index (χ2v) is 8.12. The van der Waals surface area contributed by atoms with Crippen LogP contribution in [0.2, 0.25) is 0 Å². The van der Waals surface area contributed by atoms with E-state index in [1.165, 1.54) is 5.69 Å². The molecule has 0 bridgehead atoms. The molecule has 1 aromatic carbocycles. The van der Waals surface area contributed by atoms with Crippen molar-refractivity contribution in [2.45, 2.75) is 38.8 Å². The smallest absolute Gasteiger partial charge is 0.376 e. The molecule has 0 aromatic heterocycles. The highest BCUT2D eigenvalue weighted by molar-refractivity contribution is 6.63. The van der Waals surface area contributed by atoms with E-state index in [1.807, 2.05) is 6.07 Å². The minimum Gasteiger partial charge on any atom is -0.376 e. The van der Waals surface area contributed by atoms with Crippen LogP contribution in [-0.4, -0.2) is 42.3 Å². The number of benzene rings is 1. The lowest BCUT2D eigenvalue weighted by Crippen LogP contribution is -2.61. The molecule has 1 rings (SSSR count). The maximum absolute atomic E-state index is 5.72. The lowest BCUT2D eigenvalue weighted by Gasteiger charge is -2.40. The van der Waals surface area contributed by atoms with Crippen molar-refractivity contribution in [3.63, 3.8) is 0 Å². The van der Waals surface area contributed by atoms with Crippen molar-refractivity contribution in [2.75, 3.05) is 32.8 Å². The van der Waals surface area contributed by atoms with Crippen LogP contribution in [-0.2, 0) is 13.3 Å². The Morgan fingerprint density at radius 3 is 2.00 bits per heavy atom. The van der Waals surface area contributed by atoms with Gasteiger partial charge >= 0.3 is 8.80 Å². The first-order valence-electron chi connectivity index (χ1n) is 7.66. The summed E-state index contributed by atoms with van der Waals surface area (Å²) in [5, 5.41) is 0. The molecule has 1 aromatic rings. The molecular weight excluding hydrogens is 282 g/mol. The first kappa shape index (κ1) is 18.2. The van der Waals surface area contributed by atoms with Gasteiger partial charge in [-0.15, -0.1) is 0 Å². The van der Waals surface area contributed by atoms with Crippen LogP contribution in [0.15, 0.2) is 30.3 Å². The number of para-hydroxylation sites is 1. The molecule has 21 heavy (non-hydrogen) atoms. The summed E-state index contributed by atoms with van der Waals surface area (Å²) in [7, 11) is 2.34. The molecule has 4 nitrogen and oxygen atoms in total. The Morgan fingerprint density at radius 2 is 1.57 bits per heavy atom. The number of hydrogen-bond donors (Lipinski definition) is 0. The number of anilines is 1. The van der Waals surface area contributed by atoms with Crippen molar-refractivity contribution in [1.29, 1.82) is 0 Å². The van der Waals surface area contributed by atoms with E-state index < -0.39 is 8.80 Å². The average molecular weight is 311 g/mol. The van der Waals surface area contributed by atoms with Crippen LogP contribution in [0.1, 0.15) is 33.1 Å². The summed E-state index contributed by atoms with van der Waals surface area (Å²) >= 11 is 0. The fourth-order valence-corrected chi connectivity index (χ4v) is 5.21. The molecule has 0 radical (unpaired) electrons. The molecule has 0 heterocycles. The molecular formula is C16H29NO3Si. The van der Waals surface area contributed by atoms with E-state index >= 15 is 0 Å². The zero-order valence-corrected chi connectivity index (χ0v) is 15.0. The summed E-state index contributed by atoms with van der Waals surface area (Å²) in [6, 6.07) is 10.4. The highest BCUT2D eigenvalue weighted by atomic mass is 28.4. The Bertz CT molecular complexity index is 376. The topological polar surface area (TPSA) is 30.9 Å². The zero-order valence-electron chi connectivity index (χ0n) is 14.0. The Morgan fingerprint density at radius 1 is 1.00 bits per heavy atom. The molecule has 0 aliphatic carbocycles. The van der Waals surface area contributed by atoms with Crippen LogP contribution in [0, 0.1) is 0 Å². The molecule has 0 fully saturated rings. The van der Waals surface area contributed by atoms with E-state index in [0.29, 0.717) is 0 Å². The SMILES string of the molecule is CCCCN(c1ccccc1)C(CC)[Si](OC)(OC)OC. The second kappa shape index (κ2) is 9.20. The maximum Gasteiger partial charge on any atom is 0.523 e. The van der Waals surface area contributed by atoms with Gasteiger partial charge in [0.25, 0.3) is 0 Å². The van der Waals surface area contributed by atoms with Crippen LogP contribution < -0.4 is 4.90 Å². The van der Waals surface area contributed by atoms with Gasteiger partial charge in [0.05, 0.1) is 5.67 Å². The number of nitrogens with zero attached hydrogens (tertiary/aromatic N) is 1. The Kier molecular flexibility index (Phi) is 7.96. The molecule has 1 atom stereocenters. The molecule has 0 N–H and O–H groups in total. The van der Waals surface area contributed by atoms with Gasteiger partial charge in [-0.05, 0) is 25.0 Å². The lowest BCUT2D eigenvalue weighted by atomic mass is 10.2. The maximum atomic E-state index is 5.72. The molecule has 0 amide bonds. The van der Waals surface area contributed by atoms with Crippen molar-refractivity contribution in [1.82, 2.24) is 0 Å². The van der Waals surface area contributed by atoms with E-state index in [-0.39, 0.29) is 5.67 Å². The average Bonchev–Trinajstić information content (AvgIpc) is 2.56. The van der Waals surface area contributed by atoms with E-state index in [1.54, 1.807) is 21.3 Å². The van der Waals surface area contributed by atoms with Crippen LogP contribution >= 0.6 is 0 Å². The van der Waals surface area contributed by atoms with Crippen molar-refractivity contribution < 1.29 is 13.3 Å². The standard InChI is InChI=1S/C16H29NO3Si/c1-6-8-14-17(15-12-10-9-11-13-15)16(7-2)21(18-3,19-4)20-5/h9-13,16H,6-8,14H2,1-5H3. The third kappa shape index (κ3) is 4.29. The first-order valence-corrected chi connectivity index (χ1v) is 9.46. The Labute approximate surface area is 130 Å². The lowest BCUT2D eigenvalue weighted by molar-refractivity contribution is 0.110. The van der Waals surface area contributed by atoms with E-state index in [9.17, 15) is 0 Å². The van der Waals surface area contributed by atoms with Crippen molar-refractivity contribution in [3.8, 4) is 0 Å². The Balaban J connectivity index is 3.14. The fraction of sp³-hybridized carbons (Fsp3) is 0.625. The Hall–Kier alpha value is -0.883. The van der Waals surface area contributed by atoms with Gasteiger partial charge in [-0.1, -0.05) is 38.5 Å². The summed E-state index contributed by atoms with van der Waals surface area (Å²) in [6.45, 7) is 5.34. The number of rotatable bonds is 10. The van der Waals surface area contributed by atoms with Crippen molar-refractivity contribution in [2.24, 2.45) is 0 Å². The van der Waals surface area contributed by atoms with E-state index in [4.69, 9.17) is 13.3 Å². The number of unbranched alkanes of at least 4 members (excludes halogenated alkanes) is 1. The molecule has 5 heteroatoms. The van der Waals surface area contributed by atoms with Crippen LogP contribution in [0.5, 0.6) is 0 Å². The summed E-state index contributed by atoms with van der Waals surface area (Å²) in [5.41, 5.74) is 1.31. The predicted octanol–water partition coefficient (Wildman–Crippen LogP) is 3.49. The van der Waals surface area contributed by atoms with Gasteiger partial charge < -0.3 is 18.2 Å².